The van der Waals surface area contributed by atoms with Crippen molar-refractivity contribution in [1.82, 2.24) is 0 Å². The Morgan fingerprint density at radius 3 is 1.71 bits per heavy atom. The summed E-state index contributed by atoms with van der Waals surface area (Å²) in [6, 6.07) is 69.2. The van der Waals surface area contributed by atoms with Crippen LogP contribution in [0.25, 0.3) is 62.7 Å². The maximum absolute atomic E-state index is 2.46. The molecular weight excluding hydrogens is 711 g/mol. The molecule has 0 saturated carbocycles. The smallest absolute Gasteiger partial charge is 0.0465 e. The van der Waals surface area contributed by atoms with Gasteiger partial charge in [-0.05, 0) is 134 Å². The number of nitrogens with zero attached hydrogens (tertiary/aromatic N) is 1. The molecule has 0 spiro atoms. The molecule has 0 radical (unpaired) electrons. The Bertz CT molecular complexity index is 2800. The highest BCUT2D eigenvalue weighted by Gasteiger charge is 2.41. The van der Waals surface area contributed by atoms with E-state index in [2.05, 4.69) is 231 Å². The quantitative estimate of drug-likeness (QED) is 0.126. The summed E-state index contributed by atoms with van der Waals surface area (Å²) in [5, 5.41) is 0. The summed E-state index contributed by atoms with van der Waals surface area (Å²) in [4.78, 5) is 2.38. The van der Waals surface area contributed by atoms with Gasteiger partial charge in [0.25, 0.3) is 0 Å². The van der Waals surface area contributed by atoms with E-state index in [0.717, 1.165) is 30.6 Å². The number of rotatable bonds is 10. The lowest BCUT2D eigenvalue weighted by molar-refractivity contribution is 0.490. The van der Waals surface area contributed by atoms with Gasteiger partial charge in [0.1, 0.15) is 0 Å². The van der Waals surface area contributed by atoms with Crippen molar-refractivity contribution in [2.75, 3.05) is 4.90 Å². The second-order valence-electron chi connectivity index (χ2n) is 15.9. The Morgan fingerprint density at radius 2 is 1.03 bits per heavy atom. The Labute approximate surface area is 349 Å². The first-order chi connectivity index (χ1) is 29.1. The number of fused-ring (bicyclic) bond motifs is 4. The van der Waals surface area contributed by atoms with Crippen LogP contribution in [0.15, 0.2) is 194 Å². The van der Waals surface area contributed by atoms with Gasteiger partial charge in [-0.25, -0.2) is 0 Å². The zero-order valence-electron chi connectivity index (χ0n) is 33.8. The molecule has 0 amide bonds. The summed E-state index contributed by atoms with van der Waals surface area (Å²) >= 11 is 0. The molecular formula is C58H47N. The van der Waals surface area contributed by atoms with Crippen LogP contribution in [-0.2, 0) is 11.8 Å². The van der Waals surface area contributed by atoms with Crippen LogP contribution < -0.4 is 4.90 Å². The van der Waals surface area contributed by atoms with Gasteiger partial charge in [0, 0.05) is 22.5 Å². The van der Waals surface area contributed by atoms with E-state index in [9.17, 15) is 0 Å². The van der Waals surface area contributed by atoms with Crippen LogP contribution in [0.4, 0.5) is 17.1 Å². The third-order valence-electron chi connectivity index (χ3n) is 12.8. The maximum atomic E-state index is 2.46. The van der Waals surface area contributed by atoms with Crippen LogP contribution in [0.2, 0.25) is 0 Å². The molecule has 0 unspecified atom stereocenters. The van der Waals surface area contributed by atoms with Crippen molar-refractivity contribution in [2.24, 2.45) is 0 Å². The Kier molecular flexibility index (Phi) is 9.51. The van der Waals surface area contributed by atoms with Crippen molar-refractivity contribution < 1.29 is 0 Å². The Morgan fingerprint density at radius 1 is 0.458 bits per heavy atom. The highest BCUT2D eigenvalue weighted by molar-refractivity contribution is 5.95. The summed E-state index contributed by atoms with van der Waals surface area (Å²) < 4.78 is 0. The molecule has 2 aliphatic rings. The molecule has 8 aromatic rings. The summed E-state index contributed by atoms with van der Waals surface area (Å²) in [5.74, 6) is 0. The molecule has 0 N–H and O–H groups in total. The van der Waals surface area contributed by atoms with Gasteiger partial charge in [-0.3, -0.25) is 0 Å². The monoisotopic (exact) mass is 757 g/mol. The van der Waals surface area contributed by atoms with E-state index in [1.54, 1.807) is 0 Å². The molecule has 0 saturated heterocycles. The second kappa shape index (κ2) is 15.4. The van der Waals surface area contributed by atoms with Crippen molar-refractivity contribution in [2.45, 2.75) is 38.5 Å². The SMILES string of the molecule is CCC1(CC)c2cc(/C=C/c3ccc(-c4c(-c5ccccc5)cccc4-c4ccc5c(c4)CC=C5)cc3)ccc2-c2ccc(N(c3ccccc3)c3ccccc3)cc21. The molecule has 10 rings (SSSR count). The van der Waals surface area contributed by atoms with E-state index in [4.69, 9.17) is 0 Å². The fraction of sp³-hybridized carbons (Fsp3) is 0.103. The molecule has 0 fully saturated rings. The van der Waals surface area contributed by atoms with E-state index in [-0.39, 0.29) is 5.41 Å². The topological polar surface area (TPSA) is 3.24 Å². The van der Waals surface area contributed by atoms with Gasteiger partial charge < -0.3 is 4.90 Å². The van der Waals surface area contributed by atoms with Crippen molar-refractivity contribution in [3.8, 4) is 44.5 Å². The number of anilines is 3. The Balaban J connectivity index is 0.977. The number of hydrogen-bond donors (Lipinski definition) is 0. The van der Waals surface area contributed by atoms with Crippen LogP contribution in [0.1, 0.15) is 60.1 Å². The van der Waals surface area contributed by atoms with Gasteiger partial charge in [0.05, 0.1) is 0 Å². The summed E-state index contributed by atoms with van der Waals surface area (Å²) in [7, 11) is 0. The van der Waals surface area contributed by atoms with E-state index < -0.39 is 0 Å². The fourth-order valence-electron chi connectivity index (χ4n) is 9.70. The van der Waals surface area contributed by atoms with E-state index in [1.807, 2.05) is 0 Å². The highest BCUT2D eigenvalue weighted by atomic mass is 15.1. The van der Waals surface area contributed by atoms with Gasteiger partial charge in [-0.15, -0.1) is 0 Å². The molecule has 0 bridgehead atoms. The van der Waals surface area contributed by atoms with Crippen LogP contribution in [0.5, 0.6) is 0 Å². The molecule has 0 atom stereocenters. The number of hydrogen-bond acceptors (Lipinski definition) is 1. The first kappa shape index (κ1) is 36.4. The van der Waals surface area contributed by atoms with Gasteiger partial charge in [0.15, 0.2) is 0 Å². The van der Waals surface area contributed by atoms with Gasteiger partial charge in [-0.2, -0.15) is 0 Å². The van der Waals surface area contributed by atoms with Crippen LogP contribution >= 0.6 is 0 Å². The lowest BCUT2D eigenvalue weighted by Gasteiger charge is -2.32. The summed E-state index contributed by atoms with van der Waals surface area (Å²) in [6.07, 6.45) is 12.1. The number of benzene rings is 8. The molecule has 284 valence electrons. The third-order valence-corrected chi connectivity index (χ3v) is 12.8. The minimum atomic E-state index is -0.0651. The van der Waals surface area contributed by atoms with Crippen LogP contribution in [0.3, 0.4) is 0 Å². The van der Waals surface area contributed by atoms with Gasteiger partial charge in [-0.1, -0.05) is 190 Å². The normalized spacial score (nSPS) is 13.3. The van der Waals surface area contributed by atoms with Crippen LogP contribution in [0, 0.1) is 0 Å². The van der Waals surface area contributed by atoms with Gasteiger partial charge in [0.2, 0.25) is 0 Å². The van der Waals surface area contributed by atoms with Crippen molar-refractivity contribution in [1.29, 1.82) is 0 Å². The second-order valence-corrected chi connectivity index (χ2v) is 15.9. The molecule has 0 aliphatic heterocycles. The highest BCUT2D eigenvalue weighted by Crippen LogP contribution is 2.54. The Hall–Kier alpha value is -6.96. The average Bonchev–Trinajstić information content (AvgIpc) is 3.89. The lowest BCUT2D eigenvalue weighted by atomic mass is 9.73. The predicted octanol–water partition coefficient (Wildman–Crippen LogP) is 16.0. The minimum Gasteiger partial charge on any atom is -0.310 e. The van der Waals surface area contributed by atoms with E-state index in [1.165, 1.54) is 83.6 Å². The molecule has 2 aliphatic carbocycles. The van der Waals surface area contributed by atoms with E-state index >= 15 is 0 Å². The number of allylic oxidation sites excluding steroid dienone is 1. The molecule has 1 nitrogen and oxygen atoms in total. The first-order valence-corrected chi connectivity index (χ1v) is 21.1. The molecule has 59 heavy (non-hydrogen) atoms. The minimum absolute atomic E-state index is 0.0651. The van der Waals surface area contributed by atoms with Crippen molar-refractivity contribution >= 4 is 35.3 Å². The molecule has 1 heteroatoms. The third kappa shape index (κ3) is 6.54. The first-order valence-electron chi connectivity index (χ1n) is 21.1. The molecule has 0 aromatic heterocycles. The van der Waals surface area contributed by atoms with Crippen molar-refractivity contribution in [3.05, 3.63) is 228 Å². The standard InChI is InChI=1S/C58H47N/c1-3-58(4-2)55-38-42(30-36-53(55)54-37-35-50(40-56(54)58)59(48-20-10-6-11-21-48)49-22-12-7-13-23-49)27-26-41-28-31-45(32-29-41)57-51(44-16-8-5-9-17-44)24-15-25-52(57)47-34-33-43-18-14-19-46(43)39-47/h5-18,20-40H,3-4,19H2,1-2H3/b27-26+. The molecule has 8 aromatic carbocycles. The lowest BCUT2D eigenvalue weighted by Crippen LogP contribution is -2.23. The maximum Gasteiger partial charge on any atom is 0.0465 e. The average molecular weight is 758 g/mol. The zero-order valence-corrected chi connectivity index (χ0v) is 33.8. The van der Waals surface area contributed by atoms with Gasteiger partial charge >= 0.3 is 0 Å². The number of para-hydroxylation sites is 2. The fourth-order valence-corrected chi connectivity index (χ4v) is 9.70. The zero-order chi connectivity index (χ0) is 39.8. The largest absolute Gasteiger partial charge is 0.310 e. The van der Waals surface area contributed by atoms with Crippen LogP contribution in [-0.4, -0.2) is 0 Å². The summed E-state index contributed by atoms with van der Waals surface area (Å²) in [5.41, 5.74) is 21.6. The predicted molar refractivity (Wildman–Crippen MR) is 252 cm³/mol. The summed E-state index contributed by atoms with van der Waals surface area (Å²) in [6.45, 7) is 4.71. The van der Waals surface area contributed by atoms with Crippen molar-refractivity contribution in [3.63, 3.8) is 0 Å². The van der Waals surface area contributed by atoms with E-state index in [0.29, 0.717) is 0 Å². The molecule has 0 heterocycles.